The van der Waals surface area contributed by atoms with Crippen molar-refractivity contribution in [2.75, 3.05) is 6.61 Å². The molecular weight excluding hydrogens is 300 g/mol. The van der Waals surface area contributed by atoms with Crippen LogP contribution in [-0.4, -0.2) is 48.7 Å². The van der Waals surface area contributed by atoms with Crippen LogP contribution < -0.4 is 4.74 Å². The third-order valence-corrected chi connectivity index (χ3v) is 2.11. The Balaban J connectivity index is 0.00000441. The van der Waals surface area contributed by atoms with Crippen molar-refractivity contribution < 1.29 is 37.3 Å². The second-order valence-corrected chi connectivity index (χ2v) is 3.69. The van der Waals surface area contributed by atoms with Gasteiger partial charge in [-0.15, -0.1) is 13.2 Å². The molecule has 0 aromatic heterocycles. The van der Waals surface area contributed by atoms with Crippen LogP contribution in [-0.2, 0) is 14.3 Å². The predicted octanol–water partition coefficient (Wildman–Crippen LogP) is 1.97. The number of ether oxygens (including phenoxy) is 2. The fraction of sp³-hybridized carbons (Fsp3) is 0.231. The van der Waals surface area contributed by atoms with E-state index in [2.05, 4.69) is 9.47 Å². The third kappa shape index (κ3) is 6.69. The second-order valence-electron chi connectivity index (χ2n) is 3.69. The van der Waals surface area contributed by atoms with E-state index in [1.54, 1.807) is 0 Å². The summed E-state index contributed by atoms with van der Waals surface area (Å²) in [4.78, 5) is 22.4. The Bertz CT molecular complexity index is 569. The molecule has 0 aliphatic rings. The van der Waals surface area contributed by atoms with Gasteiger partial charge in [0.05, 0.1) is 6.61 Å². The van der Waals surface area contributed by atoms with Crippen molar-refractivity contribution in [1.82, 2.24) is 0 Å². The Morgan fingerprint density at radius 2 is 1.95 bits per heavy atom. The monoisotopic (exact) mass is 312 g/mol. The molecule has 0 aliphatic heterocycles. The number of ketones is 1. The molecule has 0 saturated heterocycles. The summed E-state index contributed by atoms with van der Waals surface area (Å²) >= 11 is 0. The van der Waals surface area contributed by atoms with Gasteiger partial charge in [0.2, 0.25) is 0 Å². The van der Waals surface area contributed by atoms with E-state index >= 15 is 0 Å². The summed E-state index contributed by atoms with van der Waals surface area (Å²) < 4.78 is 44.3. The standard InChI is InChI=1S/C13H11F3O5.Li.H/c1-2-20-12(19)11(18)7-10(17)8-4-3-5-9(6-8)21-13(14,15)16;;/h3-7,17H,2H2,1H3;;. The van der Waals surface area contributed by atoms with Gasteiger partial charge in [0.15, 0.2) is 0 Å². The average Bonchev–Trinajstić information content (AvgIpc) is 2.37. The fourth-order valence-electron chi connectivity index (χ4n) is 1.32. The zero-order valence-electron chi connectivity index (χ0n) is 10.8. The summed E-state index contributed by atoms with van der Waals surface area (Å²) in [5, 5.41) is 9.63. The quantitative estimate of drug-likeness (QED) is 0.296. The molecule has 1 aromatic rings. The average molecular weight is 312 g/mol. The van der Waals surface area contributed by atoms with Gasteiger partial charge in [-0.05, 0) is 19.1 Å². The van der Waals surface area contributed by atoms with E-state index in [1.165, 1.54) is 19.1 Å². The van der Waals surface area contributed by atoms with Crippen molar-refractivity contribution in [2.45, 2.75) is 13.3 Å². The molecular formula is C13H12F3LiO5. The number of rotatable bonds is 5. The van der Waals surface area contributed by atoms with Crippen LogP contribution in [0.4, 0.5) is 13.2 Å². The summed E-state index contributed by atoms with van der Waals surface area (Å²) in [5.74, 6) is -3.55. The van der Waals surface area contributed by atoms with Crippen molar-refractivity contribution in [3.05, 3.63) is 35.9 Å². The van der Waals surface area contributed by atoms with Gasteiger partial charge < -0.3 is 14.6 Å². The molecule has 22 heavy (non-hydrogen) atoms. The summed E-state index contributed by atoms with van der Waals surface area (Å²) in [6.45, 7) is 1.47. The molecule has 0 heterocycles. The van der Waals surface area contributed by atoms with E-state index in [1.807, 2.05) is 0 Å². The minimum atomic E-state index is -4.88. The minimum absolute atomic E-state index is 0. The second kappa shape index (κ2) is 8.51. The maximum absolute atomic E-state index is 12.1. The van der Waals surface area contributed by atoms with Crippen LogP contribution in [0.1, 0.15) is 12.5 Å². The molecule has 0 radical (unpaired) electrons. The summed E-state index contributed by atoms with van der Waals surface area (Å²) in [6, 6.07) is 4.33. The fourth-order valence-corrected chi connectivity index (χ4v) is 1.32. The Morgan fingerprint density at radius 3 is 2.50 bits per heavy atom. The number of esters is 1. The molecule has 1 N–H and O–H groups in total. The first-order chi connectivity index (χ1) is 9.73. The Hall–Kier alpha value is -1.91. The van der Waals surface area contributed by atoms with E-state index in [9.17, 15) is 27.9 Å². The Labute approximate surface area is 135 Å². The third-order valence-electron chi connectivity index (χ3n) is 2.11. The van der Waals surface area contributed by atoms with Gasteiger partial charge in [-0.25, -0.2) is 4.79 Å². The number of carbonyl (C=O) groups is 2. The topological polar surface area (TPSA) is 72.8 Å². The number of hydrogen-bond acceptors (Lipinski definition) is 5. The maximum atomic E-state index is 12.1. The summed E-state index contributed by atoms with van der Waals surface area (Å²) in [6.07, 6.45) is -4.32. The zero-order valence-corrected chi connectivity index (χ0v) is 10.8. The molecule has 0 spiro atoms. The normalized spacial score (nSPS) is 11.4. The van der Waals surface area contributed by atoms with Crippen LogP contribution in [0, 0.1) is 0 Å². The summed E-state index contributed by atoms with van der Waals surface area (Å²) in [7, 11) is 0. The van der Waals surface area contributed by atoms with Crippen molar-refractivity contribution in [1.29, 1.82) is 0 Å². The predicted molar refractivity (Wildman–Crippen MR) is 72.5 cm³/mol. The van der Waals surface area contributed by atoms with Crippen molar-refractivity contribution in [3.8, 4) is 5.75 Å². The molecule has 0 unspecified atom stereocenters. The molecule has 0 saturated carbocycles. The molecule has 116 valence electrons. The zero-order chi connectivity index (χ0) is 16.0. The van der Waals surface area contributed by atoms with Crippen LogP contribution in [0.2, 0.25) is 0 Å². The first kappa shape index (κ1) is 20.1. The van der Waals surface area contributed by atoms with Gasteiger partial charge in [-0.2, -0.15) is 0 Å². The molecule has 5 nitrogen and oxygen atoms in total. The Kier molecular flexibility index (Phi) is 7.77. The van der Waals surface area contributed by atoms with Gasteiger partial charge in [0.25, 0.3) is 5.78 Å². The number of carbonyl (C=O) groups excluding carboxylic acids is 2. The van der Waals surface area contributed by atoms with E-state index in [-0.39, 0.29) is 31.0 Å². The van der Waals surface area contributed by atoms with E-state index in [0.717, 1.165) is 12.1 Å². The molecule has 0 amide bonds. The van der Waals surface area contributed by atoms with Crippen molar-refractivity contribution in [3.63, 3.8) is 0 Å². The van der Waals surface area contributed by atoms with Gasteiger partial charge in [0, 0.05) is 11.6 Å². The van der Waals surface area contributed by atoms with Gasteiger partial charge in [-0.1, -0.05) is 12.1 Å². The molecule has 0 aliphatic carbocycles. The molecule has 1 aromatic carbocycles. The molecule has 9 heteroatoms. The Morgan fingerprint density at radius 1 is 1.32 bits per heavy atom. The molecule has 0 bridgehead atoms. The number of hydrogen-bond donors (Lipinski definition) is 1. The van der Waals surface area contributed by atoms with Crippen molar-refractivity contribution in [2.24, 2.45) is 0 Å². The van der Waals surface area contributed by atoms with E-state index in [4.69, 9.17) is 0 Å². The summed E-state index contributed by atoms with van der Waals surface area (Å²) in [5.41, 5.74) is -0.116. The molecule has 1 rings (SSSR count). The number of halogens is 3. The van der Waals surface area contributed by atoms with Crippen molar-refractivity contribution >= 4 is 36.4 Å². The van der Waals surface area contributed by atoms with Crippen LogP contribution in [0.5, 0.6) is 5.75 Å². The van der Waals surface area contributed by atoms with Gasteiger partial charge in [0.1, 0.15) is 11.5 Å². The van der Waals surface area contributed by atoms with Crippen LogP contribution in [0.3, 0.4) is 0 Å². The SMILES string of the molecule is CCOC(=O)C(=O)C=C(O)c1cccc(OC(F)(F)F)c1.[LiH]. The van der Waals surface area contributed by atoms with E-state index < -0.39 is 29.6 Å². The van der Waals surface area contributed by atoms with Crippen LogP contribution >= 0.6 is 0 Å². The van der Waals surface area contributed by atoms with E-state index in [0.29, 0.717) is 6.08 Å². The number of benzene rings is 1. The first-order valence-electron chi connectivity index (χ1n) is 5.71. The number of aliphatic hydroxyl groups is 1. The van der Waals surface area contributed by atoms with Gasteiger partial charge in [-0.3, -0.25) is 4.79 Å². The first-order valence-corrected chi connectivity index (χ1v) is 5.71. The number of aliphatic hydroxyl groups excluding tert-OH is 1. The molecule has 0 atom stereocenters. The van der Waals surface area contributed by atoms with Crippen LogP contribution in [0.25, 0.3) is 5.76 Å². The van der Waals surface area contributed by atoms with Crippen LogP contribution in [0.15, 0.2) is 30.3 Å². The number of alkyl halides is 3. The van der Waals surface area contributed by atoms with Gasteiger partial charge >= 0.3 is 31.2 Å². The molecule has 0 fully saturated rings.